The standard InChI is InChI=1S/C28H27N7O2/c1-18-15-22(19(2)31-23-6-4-3-5-21(23)28(36)37)26-24(16-18)32-25(17-29)27(33-26)35-13-11-34(12-14-35)20-7-9-30-10-8-20/h3-10,15-16,19,31H,11-14H2,1-2H3,(H,36,37)/t19-/m1/s1. The lowest BCUT2D eigenvalue weighted by Crippen LogP contribution is -2.47. The molecule has 1 aliphatic rings. The van der Waals surface area contributed by atoms with Crippen molar-refractivity contribution in [2.24, 2.45) is 0 Å². The van der Waals surface area contributed by atoms with Gasteiger partial charge in [0.15, 0.2) is 11.5 Å². The number of nitrogens with one attached hydrogen (secondary N) is 1. The Labute approximate surface area is 215 Å². The third-order valence-electron chi connectivity index (χ3n) is 6.63. The Morgan fingerprint density at radius 3 is 2.46 bits per heavy atom. The lowest BCUT2D eigenvalue weighted by Gasteiger charge is -2.36. The molecular weight excluding hydrogens is 466 g/mol. The van der Waals surface area contributed by atoms with E-state index in [9.17, 15) is 15.2 Å². The molecule has 0 amide bonds. The van der Waals surface area contributed by atoms with Crippen molar-refractivity contribution in [3.05, 3.63) is 83.3 Å². The molecule has 1 atom stereocenters. The van der Waals surface area contributed by atoms with E-state index in [2.05, 4.69) is 26.2 Å². The number of nitrogens with zero attached hydrogens (tertiary/aromatic N) is 6. The Hall–Kier alpha value is -4.71. The third kappa shape index (κ3) is 4.86. The highest BCUT2D eigenvalue weighted by atomic mass is 16.4. The molecule has 9 heteroatoms. The first-order valence-corrected chi connectivity index (χ1v) is 12.2. The van der Waals surface area contributed by atoms with E-state index in [0.717, 1.165) is 29.9 Å². The number of anilines is 3. The van der Waals surface area contributed by atoms with Crippen molar-refractivity contribution in [1.29, 1.82) is 5.26 Å². The van der Waals surface area contributed by atoms with E-state index in [1.807, 2.05) is 38.1 Å². The molecule has 186 valence electrons. The number of carboxylic acid groups (broad SMARTS) is 1. The summed E-state index contributed by atoms with van der Waals surface area (Å²) in [6.45, 7) is 6.94. The van der Waals surface area contributed by atoms with Gasteiger partial charge in [-0.2, -0.15) is 5.26 Å². The van der Waals surface area contributed by atoms with Crippen LogP contribution in [0.15, 0.2) is 60.9 Å². The molecule has 2 aromatic heterocycles. The van der Waals surface area contributed by atoms with Gasteiger partial charge in [-0.15, -0.1) is 0 Å². The number of piperazine rings is 1. The highest BCUT2D eigenvalue weighted by molar-refractivity contribution is 5.94. The number of aromatic carboxylic acids is 1. The van der Waals surface area contributed by atoms with Crippen molar-refractivity contribution in [3.8, 4) is 6.07 Å². The monoisotopic (exact) mass is 493 g/mol. The number of aromatic nitrogens is 3. The fraction of sp³-hybridized carbons (Fsp3) is 0.250. The Morgan fingerprint density at radius 1 is 1.05 bits per heavy atom. The second-order valence-corrected chi connectivity index (χ2v) is 9.13. The van der Waals surface area contributed by atoms with Crippen LogP contribution in [0.1, 0.15) is 40.1 Å². The summed E-state index contributed by atoms with van der Waals surface area (Å²) in [5, 5.41) is 22.8. The van der Waals surface area contributed by atoms with Gasteiger partial charge in [-0.1, -0.05) is 18.2 Å². The molecule has 0 spiro atoms. The van der Waals surface area contributed by atoms with E-state index in [-0.39, 0.29) is 11.6 Å². The molecule has 0 radical (unpaired) electrons. The lowest BCUT2D eigenvalue weighted by atomic mass is 10.0. The molecule has 1 fully saturated rings. The minimum absolute atomic E-state index is 0.205. The van der Waals surface area contributed by atoms with Gasteiger partial charge >= 0.3 is 5.97 Å². The van der Waals surface area contributed by atoms with Crippen LogP contribution in [0.25, 0.3) is 11.0 Å². The molecule has 4 aromatic rings. The Morgan fingerprint density at radius 2 is 1.76 bits per heavy atom. The Kier molecular flexibility index (Phi) is 6.56. The number of nitriles is 1. The van der Waals surface area contributed by atoms with Crippen LogP contribution in [0.3, 0.4) is 0 Å². The van der Waals surface area contributed by atoms with Crippen LogP contribution < -0.4 is 15.1 Å². The van der Waals surface area contributed by atoms with Crippen LogP contribution in [0.2, 0.25) is 0 Å². The summed E-state index contributed by atoms with van der Waals surface area (Å²) < 4.78 is 0. The SMILES string of the molecule is Cc1cc([C@@H](C)Nc2ccccc2C(=O)O)c2nc(N3CCN(c4ccncc4)CC3)c(C#N)nc2c1. The van der Waals surface area contributed by atoms with Crippen LogP contribution in [0.4, 0.5) is 17.2 Å². The predicted octanol–water partition coefficient (Wildman–Crippen LogP) is 4.40. The maximum atomic E-state index is 11.7. The topological polar surface area (TPSA) is 118 Å². The number of benzene rings is 2. The molecule has 0 bridgehead atoms. The van der Waals surface area contributed by atoms with E-state index >= 15 is 0 Å². The van der Waals surface area contributed by atoms with Crippen LogP contribution >= 0.6 is 0 Å². The van der Waals surface area contributed by atoms with Gasteiger partial charge in [0.25, 0.3) is 0 Å². The molecular formula is C28H27N7O2. The average Bonchev–Trinajstić information content (AvgIpc) is 2.92. The zero-order valence-electron chi connectivity index (χ0n) is 20.7. The zero-order valence-corrected chi connectivity index (χ0v) is 20.7. The van der Waals surface area contributed by atoms with Gasteiger partial charge in [-0.05, 0) is 49.7 Å². The van der Waals surface area contributed by atoms with Crippen molar-refractivity contribution in [1.82, 2.24) is 15.0 Å². The number of para-hydroxylation sites is 1. The summed E-state index contributed by atoms with van der Waals surface area (Å²) in [7, 11) is 0. The largest absolute Gasteiger partial charge is 0.478 e. The van der Waals surface area contributed by atoms with Gasteiger partial charge in [-0.3, -0.25) is 4.98 Å². The summed E-state index contributed by atoms with van der Waals surface area (Å²) in [6, 6.07) is 16.8. The number of rotatable bonds is 6. The first kappa shape index (κ1) is 24.0. The molecule has 2 aromatic carbocycles. The van der Waals surface area contributed by atoms with Gasteiger partial charge in [-0.25, -0.2) is 14.8 Å². The maximum absolute atomic E-state index is 11.7. The molecule has 37 heavy (non-hydrogen) atoms. The normalized spacial score (nSPS) is 14.3. The van der Waals surface area contributed by atoms with Crippen LogP contribution in [-0.2, 0) is 0 Å². The van der Waals surface area contributed by atoms with Gasteiger partial charge in [0.2, 0.25) is 0 Å². The van der Waals surface area contributed by atoms with Gasteiger partial charge < -0.3 is 20.2 Å². The molecule has 0 aliphatic carbocycles. The van der Waals surface area contributed by atoms with E-state index in [1.54, 1.807) is 36.7 Å². The molecule has 9 nitrogen and oxygen atoms in total. The first-order valence-electron chi connectivity index (χ1n) is 12.2. The van der Waals surface area contributed by atoms with Crippen LogP contribution in [0, 0.1) is 18.3 Å². The smallest absolute Gasteiger partial charge is 0.337 e. The quantitative estimate of drug-likeness (QED) is 0.403. The van der Waals surface area contributed by atoms with E-state index in [4.69, 9.17) is 9.97 Å². The van der Waals surface area contributed by atoms with Crippen molar-refractivity contribution >= 4 is 34.2 Å². The summed E-state index contributed by atoms with van der Waals surface area (Å²) >= 11 is 0. The van der Waals surface area contributed by atoms with Crippen molar-refractivity contribution in [3.63, 3.8) is 0 Å². The van der Waals surface area contributed by atoms with Gasteiger partial charge in [0.1, 0.15) is 6.07 Å². The number of carbonyl (C=O) groups is 1. The summed E-state index contributed by atoms with van der Waals surface area (Å²) in [5.41, 5.74) is 5.39. The number of carboxylic acids is 1. The maximum Gasteiger partial charge on any atom is 0.337 e. The second-order valence-electron chi connectivity index (χ2n) is 9.13. The van der Waals surface area contributed by atoms with Crippen molar-refractivity contribution in [2.75, 3.05) is 41.3 Å². The highest BCUT2D eigenvalue weighted by Gasteiger charge is 2.24. The number of hydrogen-bond acceptors (Lipinski definition) is 8. The number of fused-ring (bicyclic) bond motifs is 1. The Bertz CT molecular complexity index is 1490. The molecule has 5 rings (SSSR count). The molecule has 1 saturated heterocycles. The molecule has 1 aliphatic heterocycles. The third-order valence-corrected chi connectivity index (χ3v) is 6.63. The summed E-state index contributed by atoms with van der Waals surface area (Å²) in [4.78, 5) is 29.9. The van der Waals surface area contributed by atoms with Gasteiger partial charge in [0.05, 0.1) is 22.6 Å². The first-order chi connectivity index (χ1) is 17.9. The molecule has 0 unspecified atom stereocenters. The fourth-order valence-electron chi connectivity index (χ4n) is 4.79. The lowest BCUT2D eigenvalue weighted by molar-refractivity contribution is 0.0698. The van der Waals surface area contributed by atoms with E-state index in [0.29, 0.717) is 41.3 Å². The van der Waals surface area contributed by atoms with E-state index < -0.39 is 5.97 Å². The van der Waals surface area contributed by atoms with Crippen LogP contribution in [-0.4, -0.2) is 52.2 Å². The van der Waals surface area contributed by atoms with Crippen molar-refractivity contribution in [2.45, 2.75) is 19.9 Å². The molecule has 3 heterocycles. The minimum Gasteiger partial charge on any atom is -0.478 e. The fourth-order valence-corrected chi connectivity index (χ4v) is 4.79. The number of aryl methyl sites for hydroxylation is 1. The predicted molar refractivity (Wildman–Crippen MR) is 143 cm³/mol. The van der Waals surface area contributed by atoms with Crippen molar-refractivity contribution < 1.29 is 9.90 Å². The second kappa shape index (κ2) is 10.1. The number of hydrogen-bond donors (Lipinski definition) is 2. The van der Waals surface area contributed by atoms with Gasteiger partial charge in [0, 0.05) is 55.5 Å². The highest BCUT2D eigenvalue weighted by Crippen LogP contribution is 2.31. The zero-order chi connectivity index (χ0) is 25.9. The number of pyridine rings is 1. The van der Waals surface area contributed by atoms with Crippen LogP contribution in [0.5, 0.6) is 0 Å². The molecule has 2 N–H and O–H groups in total. The average molecular weight is 494 g/mol. The molecule has 0 saturated carbocycles. The minimum atomic E-state index is -0.990. The Balaban J connectivity index is 1.48. The summed E-state index contributed by atoms with van der Waals surface area (Å²) in [6.07, 6.45) is 3.58. The summed E-state index contributed by atoms with van der Waals surface area (Å²) in [5.74, 6) is -0.413. The van der Waals surface area contributed by atoms with E-state index in [1.165, 1.54) is 0 Å².